The summed E-state index contributed by atoms with van der Waals surface area (Å²) in [6, 6.07) is 4.50. The van der Waals surface area contributed by atoms with Crippen LogP contribution in [0.5, 0.6) is 0 Å². The minimum atomic E-state index is -4.25. The number of halogens is 3. The fourth-order valence-electron chi connectivity index (χ4n) is 1.24. The number of nitrogens with two attached hydrogens (primary N) is 1. The van der Waals surface area contributed by atoms with Gasteiger partial charge in [-0.3, -0.25) is 0 Å². The van der Waals surface area contributed by atoms with Crippen LogP contribution in [0.15, 0.2) is 23.1 Å². The Hall–Kier alpha value is -0.840. The highest BCUT2D eigenvalue weighted by Gasteiger charge is 2.30. The van der Waals surface area contributed by atoms with Crippen LogP contribution in [0.1, 0.15) is 25.3 Å². The number of nitrogen functional groups attached to an aromatic ring is 1. The van der Waals surface area contributed by atoms with Crippen molar-refractivity contribution < 1.29 is 13.2 Å². The second-order valence-electron chi connectivity index (χ2n) is 3.50. The van der Waals surface area contributed by atoms with E-state index < -0.39 is 5.51 Å². The zero-order chi connectivity index (χ0) is 11.6. The van der Waals surface area contributed by atoms with Crippen molar-refractivity contribution in [3.63, 3.8) is 0 Å². The molecule has 84 valence electrons. The monoisotopic (exact) mass is 235 g/mol. The maximum Gasteiger partial charge on any atom is 0.446 e. The summed E-state index contributed by atoms with van der Waals surface area (Å²) in [7, 11) is 0. The summed E-state index contributed by atoms with van der Waals surface area (Å²) in [5, 5.41) is 0. The number of hydrogen-bond acceptors (Lipinski definition) is 2. The van der Waals surface area contributed by atoms with Gasteiger partial charge in [0.25, 0.3) is 0 Å². The highest BCUT2D eigenvalue weighted by molar-refractivity contribution is 8.00. The van der Waals surface area contributed by atoms with E-state index in [-0.39, 0.29) is 22.6 Å². The van der Waals surface area contributed by atoms with Crippen LogP contribution >= 0.6 is 11.8 Å². The van der Waals surface area contributed by atoms with Gasteiger partial charge >= 0.3 is 5.51 Å². The van der Waals surface area contributed by atoms with Crippen LogP contribution < -0.4 is 5.73 Å². The number of hydrogen-bond donors (Lipinski definition) is 1. The second kappa shape index (κ2) is 4.35. The topological polar surface area (TPSA) is 26.0 Å². The first-order chi connectivity index (χ1) is 6.79. The zero-order valence-corrected chi connectivity index (χ0v) is 9.25. The highest BCUT2D eigenvalue weighted by atomic mass is 32.2. The van der Waals surface area contributed by atoms with Crippen molar-refractivity contribution in [2.75, 3.05) is 5.73 Å². The molecule has 0 aromatic heterocycles. The van der Waals surface area contributed by atoms with Crippen LogP contribution in [0.2, 0.25) is 0 Å². The van der Waals surface area contributed by atoms with Crippen molar-refractivity contribution in [3.05, 3.63) is 23.8 Å². The Balaban J connectivity index is 3.06. The van der Waals surface area contributed by atoms with Crippen LogP contribution in [0, 0.1) is 0 Å². The Morgan fingerprint density at radius 1 is 1.27 bits per heavy atom. The Morgan fingerprint density at radius 2 is 1.87 bits per heavy atom. The van der Waals surface area contributed by atoms with E-state index in [0.29, 0.717) is 11.3 Å². The van der Waals surface area contributed by atoms with Crippen molar-refractivity contribution in [3.8, 4) is 0 Å². The summed E-state index contributed by atoms with van der Waals surface area (Å²) in [6.45, 7) is 3.68. The summed E-state index contributed by atoms with van der Waals surface area (Å²) in [6.07, 6.45) is 0. The molecule has 0 bridgehead atoms. The molecular weight excluding hydrogens is 223 g/mol. The first-order valence-corrected chi connectivity index (χ1v) is 5.26. The fourth-order valence-corrected chi connectivity index (χ4v) is 2.03. The Labute approximate surface area is 90.9 Å². The molecule has 0 radical (unpaired) electrons. The minimum absolute atomic E-state index is 0.0262. The molecule has 0 fully saturated rings. The summed E-state index contributed by atoms with van der Waals surface area (Å²) in [4.78, 5) is 0.228. The fraction of sp³-hybridized carbons (Fsp3) is 0.400. The van der Waals surface area contributed by atoms with Crippen molar-refractivity contribution in [1.82, 2.24) is 0 Å². The van der Waals surface area contributed by atoms with Crippen molar-refractivity contribution in [2.45, 2.75) is 30.2 Å². The highest BCUT2D eigenvalue weighted by Crippen LogP contribution is 2.40. The molecule has 15 heavy (non-hydrogen) atoms. The molecule has 1 rings (SSSR count). The van der Waals surface area contributed by atoms with E-state index in [1.165, 1.54) is 12.1 Å². The summed E-state index contributed by atoms with van der Waals surface area (Å²) < 4.78 is 36.7. The van der Waals surface area contributed by atoms with Crippen LogP contribution in [0.4, 0.5) is 18.9 Å². The average Bonchev–Trinajstić information content (AvgIpc) is 2.05. The average molecular weight is 235 g/mol. The third-order valence-corrected chi connectivity index (χ3v) is 2.70. The van der Waals surface area contributed by atoms with Crippen molar-refractivity contribution in [2.24, 2.45) is 0 Å². The molecule has 0 unspecified atom stereocenters. The van der Waals surface area contributed by atoms with Gasteiger partial charge in [0, 0.05) is 10.6 Å². The van der Waals surface area contributed by atoms with E-state index in [1.807, 2.05) is 13.8 Å². The van der Waals surface area contributed by atoms with Crippen LogP contribution in [-0.2, 0) is 0 Å². The van der Waals surface area contributed by atoms with Crippen LogP contribution in [-0.4, -0.2) is 5.51 Å². The smallest absolute Gasteiger partial charge is 0.399 e. The maximum absolute atomic E-state index is 12.2. The lowest BCUT2D eigenvalue weighted by molar-refractivity contribution is -0.0328. The lowest BCUT2D eigenvalue weighted by atomic mass is 10.0. The number of thioether (sulfide) groups is 1. The first kappa shape index (κ1) is 12.2. The maximum atomic E-state index is 12.2. The van der Waals surface area contributed by atoms with Gasteiger partial charge in [-0.2, -0.15) is 13.2 Å². The molecule has 1 aromatic rings. The van der Waals surface area contributed by atoms with Gasteiger partial charge < -0.3 is 5.73 Å². The number of rotatable bonds is 2. The Morgan fingerprint density at radius 3 is 2.33 bits per heavy atom. The summed E-state index contributed by atoms with van der Waals surface area (Å²) >= 11 is -0.0912. The molecule has 2 N–H and O–H groups in total. The molecule has 0 saturated heterocycles. The third-order valence-electron chi connectivity index (χ3n) is 1.88. The van der Waals surface area contributed by atoms with Crippen molar-refractivity contribution in [1.29, 1.82) is 0 Å². The minimum Gasteiger partial charge on any atom is -0.399 e. The van der Waals surface area contributed by atoms with E-state index in [1.54, 1.807) is 6.07 Å². The number of benzene rings is 1. The predicted octanol–water partition coefficient (Wildman–Crippen LogP) is 4.00. The normalized spacial score (nSPS) is 12.1. The Kier molecular flexibility index (Phi) is 3.54. The molecular formula is C10H12F3NS. The summed E-state index contributed by atoms with van der Waals surface area (Å²) in [5.74, 6) is 0.0262. The van der Waals surface area contributed by atoms with Gasteiger partial charge in [-0.1, -0.05) is 13.8 Å². The van der Waals surface area contributed by atoms with Gasteiger partial charge in [-0.25, -0.2) is 0 Å². The van der Waals surface area contributed by atoms with Gasteiger partial charge in [0.2, 0.25) is 0 Å². The van der Waals surface area contributed by atoms with Gasteiger partial charge in [0.1, 0.15) is 0 Å². The standard InChI is InChI=1S/C10H12F3NS/c1-6(2)8-5-7(14)3-4-9(8)15-10(11,12)13/h3-6H,14H2,1-2H3. The molecule has 1 aromatic carbocycles. The Bertz CT molecular complexity index is 347. The summed E-state index contributed by atoms with van der Waals surface area (Å²) in [5.41, 5.74) is 2.42. The zero-order valence-electron chi connectivity index (χ0n) is 8.43. The molecule has 5 heteroatoms. The molecule has 1 nitrogen and oxygen atoms in total. The van der Waals surface area contributed by atoms with E-state index in [4.69, 9.17) is 5.73 Å². The molecule has 0 aliphatic heterocycles. The molecule has 0 heterocycles. The second-order valence-corrected chi connectivity index (χ2v) is 4.61. The van der Waals surface area contributed by atoms with Gasteiger partial charge in [0.05, 0.1) is 0 Å². The van der Waals surface area contributed by atoms with Crippen LogP contribution in [0.3, 0.4) is 0 Å². The quantitative estimate of drug-likeness (QED) is 0.619. The molecule has 0 saturated carbocycles. The predicted molar refractivity (Wildman–Crippen MR) is 56.9 cm³/mol. The molecule has 0 spiro atoms. The van der Waals surface area contributed by atoms with E-state index in [9.17, 15) is 13.2 Å². The lowest BCUT2D eigenvalue weighted by Crippen LogP contribution is -2.02. The molecule has 0 aliphatic rings. The number of anilines is 1. The first-order valence-electron chi connectivity index (χ1n) is 4.45. The number of alkyl halides is 3. The molecule has 0 atom stereocenters. The lowest BCUT2D eigenvalue weighted by Gasteiger charge is -2.14. The van der Waals surface area contributed by atoms with E-state index >= 15 is 0 Å². The van der Waals surface area contributed by atoms with E-state index in [0.717, 1.165) is 0 Å². The molecule has 0 aliphatic carbocycles. The van der Waals surface area contributed by atoms with E-state index in [2.05, 4.69) is 0 Å². The largest absolute Gasteiger partial charge is 0.446 e. The van der Waals surface area contributed by atoms with Gasteiger partial charge in [-0.15, -0.1) is 0 Å². The molecule has 0 amide bonds. The van der Waals surface area contributed by atoms with Crippen LogP contribution in [0.25, 0.3) is 0 Å². The third kappa shape index (κ3) is 3.66. The van der Waals surface area contributed by atoms with Crippen molar-refractivity contribution >= 4 is 17.4 Å². The van der Waals surface area contributed by atoms with Gasteiger partial charge in [0.15, 0.2) is 0 Å². The van der Waals surface area contributed by atoms with Gasteiger partial charge in [-0.05, 0) is 41.4 Å². The SMILES string of the molecule is CC(C)c1cc(N)ccc1SC(F)(F)F.